The molecule has 0 radical (unpaired) electrons. The second-order valence-corrected chi connectivity index (χ2v) is 5.50. The number of rotatable bonds is 8. The summed E-state index contributed by atoms with van der Waals surface area (Å²) >= 11 is 0. The van der Waals surface area contributed by atoms with Crippen molar-refractivity contribution in [3.05, 3.63) is 35.4 Å². The Morgan fingerprint density at radius 3 is 2.57 bits per heavy atom. The lowest BCUT2D eigenvalue weighted by Crippen LogP contribution is -2.31. The summed E-state index contributed by atoms with van der Waals surface area (Å²) in [6.45, 7) is 6.13. The maximum Gasteiger partial charge on any atom is 0.222 e. The maximum absolute atomic E-state index is 12.3. The highest BCUT2D eigenvalue weighted by atomic mass is 16.2. The average Bonchev–Trinajstić information content (AvgIpc) is 2.52. The molecule has 0 saturated carbocycles. The maximum atomic E-state index is 12.3. The Bertz CT molecular complexity index is 476. The van der Waals surface area contributed by atoms with Crippen molar-refractivity contribution in [2.24, 2.45) is 11.7 Å². The summed E-state index contributed by atoms with van der Waals surface area (Å²) in [4.78, 5) is 14.2. The fraction of sp³-hybridized carbons (Fsp3) is 0.529. The molecular weight excluding hydrogens is 262 g/mol. The van der Waals surface area contributed by atoms with E-state index in [0.29, 0.717) is 31.0 Å². The predicted molar refractivity (Wildman–Crippen MR) is 84.3 cm³/mol. The highest BCUT2D eigenvalue weighted by Crippen LogP contribution is 2.11. The van der Waals surface area contributed by atoms with E-state index in [9.17, 15) is 4.79 Å². The number of carbonyl (C=O) groups excluding carboxylic acids is 1. The van der Waals surface area contributed by atoms with Crippen LogP contribution in [-0.4, -0.2) is 23.9 Å². The second kappa shape index (κ2) is 9.15. The number of nitrogens with zero attached hydrogens (tertiary/aromatic N) is 2. The molecule has 0 saturated heterocycles. The van der Waals surface area contributed by atoms with Gasteiger partial charge >= 0.3 is 0 Å². The molecule has 21 heavy (non-hydrogen) atoms. The van der Waals surface area contributed by atoms with Crippen LogP contribution in [0, 0.1) is 17.2 Å². The van der Waals surface area contributed by atoms with Crippen LogP contribution in [0.5, 0.6) is 0 Å². The summed E-state index contributed by atoms with van der Waals surface area (Å²) in [5.74, 6) is 0.564. The molecule has 0 heterocycles. The largest absolute Gasteiger partial charge is 0.338 e. The van der Waals surface area contributed by atoms with E-state index in [1.807, 2.05) is 17.0 Å². The third kappa shape index (κ3) is 5.97. The summed E-state index contributed by atoms with van der Waals surface area (Å²) < 4.78 is 0. The Balaban J connectivity index is 2.63. The number of carbonyl (C=O) groups is 1. The fourth-order valence-corrected chi connectivity index (χ4v) is 2.11. The molecule has 4 nitrogen and oxygen atoms in total. The topological polar surface area (TPSA) is 70.1 Å². The highest BCUT2D eigenvalue weighted by molar-refractivity contribution is 5.76. The van der Waals surface area contributed by atoms with Gasteiger partial charge < -0.3 is 10.6 Å². The Morgan fingerprint density at radius 1 is 1.38 bits per heavy atom. The lowest BCUT2D eigenvalue weighted by molar-refractivity contribution is -0.132. The van der Waals surface area contributed by atoms with Gasteiger partial charge in [-0.2, -0.15) is 5.26 Å². The van der Waals surface area contributed by atoms with Gasteiger partial charge in [-0.15, -0.1) is 0 Å². The van der Waals surface area contributed by atoms with Gasteiger partial charge in [0, 0.05) is 19.5 Å². The van der Waals surface area contributed by atoms with Gasteiger partial charge in [0.2, 0.25) is 5.91 Å². The first kappa shape index (κ1) is 17.2. The van der Waals surface area contributed by atoms with E-state index in [1.165, 1.54) is 0 Å². The Hall–Kier alpha value is -1.86. The zero-order valence-electron chi connectivity index (χ0n) is 13.0. The SMILES string of the molecule is CCCN(Cc1ccc(C#N)cc1)C(=O)CCC(C)CN. The molecule has 0 aliphatic heterocycles. The van der Waals surface area contributed by atoms with E-state index in [-0.39, 0.29) is 5.91 Å². The first-order valence-corrected chi connectivity index (χ1v) is 7.57. The number of nitrogens with two attached hydrogens (primary N) is 1. The van der Waals surface area contributed by atoms with E-state index >= 15 is 0 Å². The van der Waals surface area contributed by atoms with Crippen LogP contribution < -0.4 is 5.73 Å². The minimum atomic E-state index is 0.182. The van der Waals surface area contributed by atoms with Crippen LogP contribution in [0.15, 0.2) is 24.3 Å². The smallest absolute Gasteiger partial charge is 0.222 e. The summed E-state index contributed by atoms with van der Waals surface area (Å²) in [5.41, 5.74) is 7.29. The first-order valence-electron chi connectivity index (χ1n) is 7.57. The molecule has 1 atom stereocenters. The molecule has 1 aromatic carbocycles. The molecule has 4 heteroatoms. The van der Waals surface area contributed by atoms with Gasteiger partial charge in [-0.1, -0.05) is 26.0 Å². The molecule has 1 aromatic rings. The molecule has 2 N–H and O–H groups in total. The fourth-order valence-electron chi connectivity index (χ4n) is 2.11. The van der Waals surface area contributed by atoms with Crippen LogP contribution in [0.25, 0.3) is 0 Å². The molecule has 0 spiro atoms. The molecule has 0 aromatic heterocycles. The zero-order valence-corrected chi connectivity index (χ0v) is 13.0. The van der Waals surface area contributed by atoms with Crippen molar-refractivity contribution in [2.75, 3.05) is 13.1 Å². The van der Waals surface area contributed by atoms with Gasteiger partial charge in [0.1, 0.15) is 0 Å². The summed E-state index contributed by atoms with van der Waals surface area (Å²) in [5, 5.41) is 8.80. The quantitative estimate of drug-likeness (QED) is 0.799. The number of hydrogen-bond acceptors (Lipinski definition) is 3. The van der Waals surface area contributed by atoms with E-state index in [1.54, 1.807) is 12.1 Å². The van der Waals surface area contributed by atoms with Crippen molar-refractivity contribution < 1.29 is 4.79 Å². The van der Waals surface area contributed by atoms with Crippen molar-refractivity contribution in [3.63, 3.8) is 0 Å². The standard InChI is InChI=1S/C17H25N3O/c1-3-10-20(17(21)9-4-14(2)11-18)13-16-7-5-15(12-19)6-8-16/h5-8,14H,3-4,9-11,13,18H2,1-2H3. The molecule has 114 valence electrons. The van der Waals surface area contributed by atoms with Gasteiger partial charge in [0.05, 0.1) is 11.6 Å². The predicted octanol–water partition coefficient (Wildman–Crippen LogP) is 2.67. The van der Waals surface area contributed by atoms with Gasteiger partial charge in [0.25, 0.3) is 0 Å². The van der Waals surface area contributed by atoms with Crippen LogP contribution >= 0.6 is 0 Å². The minimum absolute atomic E-state index is 0.182. The zero-order chi connectivity index (χ0) is 15.7. The lowest BCUT2D eigenvalue weighted by Gasteiger charge is -2.23. The lowest BCUT2D eigenvalue weighted by atomic mass is 10.1. The van der Waals surface area contributed by atoms with E-state index in [0.717, 1.165) is 24.9 Å². The minimum Gasteiger partial charge on any atom is -0.338 e. The molecule has 1 unspecified atom stereocenters. The normalized spacial score (nSPS) is 11.7. The van der Waals surface area contributed by atoms with Crippen LogP contribution in [0.3, 0.4) is 0 Å². The van der Waals surface area contributed by atoms with Gasteiger partial charge in [0.15, 0.2) is 0 Å². The van der Waals surface area contributed by atoms with E-state index < -0.39 is 0 Å². The third-order valence-corrected chi connectivity index (χ3v) is 3.56. The molecule has 0 aliphatic rings. The second-order valence-electron chi connectivity index (χ2n) is 5.50. The summed E-state index contributed by atoms with van der Waals surface area (Å²) in [6.07, 6.45) is 2.33. The van der Waals surface area contributed by atoms with Crippen molar-refractivity contribution in [1.29, 1.82) is 5.26 Å². The Labute approximate surface area is 127 Å². The van der Waals surface area contributed by atoms with E-state index in [4.69, 9.17) is 11.0 Å². The van der Waals surface area contributed by atoms with Gasteiger partial charge in [-0.05, 0) is 43.0 Å². The number of amides is 1. The molecule has 0 bridgehead atoms. The first-order chi connectivity index (χ1) is 10.1. The van der Waals surface area contributed by atoms with Crippen molar-refractivity contribution >= 4 is 5.91 Å². The summed E-state index contributed by atoms with van der Waals surface area (Å²) in [6, 6.07) is 9.51. The van der Waals surface area contributed by atoms with Crippen LogP contribution in [0.4, 0.5) is 0 Å². The number of hydrogen-bond donors (Lipinski definition) is 1. The summed E-state index contributed by atoms with van der Waals surface area (Å²) in [7, 11) is 0. The Morgan fingerprint density at radius 2 is 2.05 bits per heavy atom. The van der Waals surface area contributed by atoms with Crippen LogP contribution in [0.1, 0.15) is 44.2 Å². The molecule has 0 aliphatic carbocycles. The van der Waals surface area contributed by atoms with Crippen molar-refractivity contribution in [1.82, 2.24) is 4.90 Å². The van der Waals surface area contributed by atoms with Crippen LogP contribution in [-0.2, 0) is 11.3 Å². The molecule has 1 rings (SSSR count). The van der Waals surface area contributed by atoms with E-state index in [2.05, 4.69) is 19.9 Å². The Kier molecular flexibility index (Phi) is 7.49. The third-order valence-electron chi connectivity index (χ3n) is 3.56. The monoisotopic (exact) mass is 287 g/mol. The molecular formula is C17H25N3O. The van der Waals surface area contributed by atoms with Crippen molar-refractivity contribution in [2.45, 2.75) is 39.7 Å². The van der Waals surface area contributed by atoms with Gasteiger partial charge in [-0.25, -0.2) is 0 Å². The van der Waals surface area contributed by atoms with Gasteiger partial charge in [-0.3, -0.25) is 4.79 Å². The highest BCUT2D eigenvalue weighted by Gasteiger charge is 2.14. The molecule has 1 amide bonds. The number of nitriles is 1. The number of benzene rings is 1. The van der Waals surface area contributed by atoms with Crippen LogP contribution in [0.2, 0.25) is 0 Å². The van der Waals surface area contributed by atoms with Crippen molar-refractivity contribution in [3.8, 4) is 6.07 Å². The average molecular weight is 287 g/mol. The molecule has 0 fully saturated rings.